The molecule has 0 aliphatic carbocycles. The lowest BCUT2D eigenvalue weighted by Gasteiger charge is -2.09. The molecule has 0 amide bonds. The zero-order chi connectivity index (χ0) is 13.7. The first kappa shape index (κ1) is 13.0. The summed E-state index contributed by atoms with van der Waals surface area (Å²) in [5.74, 6) is 0.261. The van der Waals surface area contributed by atoms with Crippen molar-refractivity contribution in [2.24, 2.45) is 0 Å². The molecule has 4 heteroatoms. The third-order valence-electron chi connectivity index (χ3n) is 2.63. The van der Waals surface area contributed by atoms with E-state index in [1.54, 1.807) is 49.6 Å². The molecule has 19 heavy (non-hydrogen) atoms. The molecule has 0 radical (unpaired) electrons. The largest absolute Gasteiger partial charge is 0.545 e. The molecule has 0 aromatic heterocycles. The summed E-state index contributed by atoms with van der Waals surface area (Å²) in [4.78, 5) is 10.7. The molecule has 4 nitrogen and oxygen atoms in total. The van der Waals surface area contributed by atoms with Crippen LogP contribution in [0.5, 0.6) is 11.5 Å². The number of methoxy groups -OCH3 is 1. The van der Waals surface area contributed by atoms with Crippen molar-refractivity contribution in [3.63, 3.8) is 0 Å². The molecular formula is C15H13O4-. The van der Waals surface area contributed by atoms with Crippen LogP contribution < -0.4 is 14.6 Å². The number of ether oxygens (including phenoxy) is 2. The van der Waals surface area contributed by atoms with Gasteiger partial charge in [-0.2, -0.15) is 0 Å². The van der Waals surface area contributed by atoms with Crippen LogP contribution in [0.25, 0.3) is 0 Å². The Balaban J connectivity index is 2.01. The van der Waals surface area contributed by atoms with Crippen molar-refractivity contribution in [2.75, 3.05) is 7.11 Å². The average Bonchev–Trinajstić information content (AvgIpc) is 2.46. The average molecular weight is 257 g/mol. The normalized spacial score (nSPS) is 9.95. The second-order valence-corrected chi connectivity index (χ2v) is 3.95. The Morgan fingerprint density at radius 1 is 1.11 bits per heavy atom. The molecule has 0 saturated heterocycles. The lowest BCUT2D eigenvalue weighted by Crippen LogP contribution is -2.22. The van der Waals surface area contributed by atoms with Gasteiger partial charge in [0, 0.05) is 0 Å². The van der Waals surface area contributed by atoms with E-state index in [2.05, 4.69) is 0 Å². The maximum absolute atomic E-state index is 10.7. The number of benzene rings is 2. The minimum Gasteiger partial charge on any atom is -0.545 e. The zero-order valence-corrected chi connectivity index (χ0v) is 10.5. The summed E-state index contributed by atoms with van der Waals surface area (Å²) in [6.45, 7) is 0.299. The SMILES string of the molecule is COc1ccc(OCc2cccc(C(=O)[O-])c2)cc1. The van der Waals surface area contributed by atoms with E-state index in [0.717, 1.165) is 11.3 Å². The van der Waals surface area contributed by atoms with E-state index in [0.29, 0.717) is 12.4 Å². The molecular weight excluding hydrogens is 244 g/mol. The molecule has 0 unspecified atom stereocenters. The van der Waals surface area contributed by atoms with Crippen molar-refractivity contribution in [3.8, 4) is 11.5 Å². The van der Waals surface area contributed by atoms with E-state index in [1.807, 2.05) is 0 Å². The lowest BCUT2D eigenvalue weighted by molar-refractivity contribution is -0.255. The molecule has 0 N–H and O–H groups in total. The van der Waals surface area contributed by atoms with Gasteiger partial charge in [-0.05, 0) is 41.5 Å². The number of rotatable bonds is 5. The first-order valence-electron chi connectivity index (χ1n) is 5.76. The zero-order valence-electron chi connectivity index (χ0n) is 10.5. The first-order valence-corrected chi connectivity index (χ1v) is 5.76. The highest BCUT2D eigenvalue weighted by Gasteiger charge is 1.99. The van der Waals surface area contributed by atoms with E-state index < -0.39 is 5.97 Å². The van der Waals surface area contributed by atoms with Crippen LogP contribution in [-0.4, -0.2) is 13.1 Å². The first-order chi connectivity index (χ1) is 9.19. The van der Waals surface area contributed by atoms with Crippen LogP contribution >= 0.6 is 0 Å². The third-order valence-corrected chi connectivity index (χ3v) is 2.63. The van der Waals surface area contributed by atoms with Crippen molar-refractivity contribution in [3.05, 3.63) is 59.7 Å². The Morgan fingerprint density at radius 2 is 1.79 bits per heavy atom. The molecule has 0 heterocycles. The minimum absolute atomic E-state index is 0.149. The van der Waals surface area contributed by atoms with Crippen molar-refractivity contribution >= 4 is 5.97 Å². The fourth-order valence-electron chi connectivity index (χ4n) is 1.63. The quantitative estimate of drug-likeness (QED) is 0.817. The van der Waals surface area contributed by atoms with Crippen LogP contribution in [0.4, 0.5) is 0 Å². The van der Waals surface area contributed by atoms with Crippen LogP contribution in [0.15, 0.2) is 48.5 Å². The van der Waals surface area contributed by atoms with Gasteiger partial charge in [0.15, 0.2) is 0 Å². The van der Waals surface area contributed by atoms with E-state index in [-0.39, 0.29) is 5.56 Å². The van der Waals surface area contributed by atoms with E-state index in [1.165, 1.54) is 6.07 Å². The Bertz CT molecular complexity index is 561. The molecule has 2 aromatic carbocycles. The van der Waals surface area contributed by atoms with Gasteiger partial charge in [-0.25, -0.2) is 0 Å². The predicted molar refractivity (Wildman–Crippen MR) is 68.1 cm³/mol. The Labute approximate surface area is 111 Å². The number of carboxylic acid groups (broad SMARTS) is 1. The standard InChI is InChI=1S/C15H14O4/c1-18-13-5-7-14(8-6-13)19-10-11-3-2-4-12(9-11)15(16)17/h2-9H,10H2,1H3,(H,16,17)/p-1. The number of hydrogen-bond donors (Lipinski definition) is 0. The van der Waals surface area contributed by atoms with E-state index in [9.17, 15) is 9.90 Å². The second-order valence-electron chi connectivity index (χ2n) is 3.95. The maximum atomic E-state index is 10.7. The molecule has 98 valence electrons. The number of aromatic carboxylic acids is 1. The highest BCUT2D eigenvalue weighted by molar-refractivity contribution is 5.85. The van der Waals surface area contributed by atoms with Crippen molar-refractivity contribution in [2.45, 2.75) is 6.61 Å². The van der Waals surface area contributed by atoms with Crippen molar-refractivity contribution in [1.29, 1.82) is 0 Å². The van der Waals surface area contributed by atoms with Crippen LogP contribution in [0.2, 0.25) is 0 Å². The van der Waals surface area contributed by atoms with Gasteiger partial charge in [-0.3, -0.25) is 0 Å². The Hall–Kier alpha value is -2.49. The topological polar surface area (TPSA) is 58.6 Å². The molecule has 2 aromatic rings. The van der Waals surface area contributed by atoms with E-state index >= 15 is 0 Å². The summed E-state index contributed by atoms with van der Waals surface area (Å²) in [6.07, 6.45) is 0. The van der Waals surface area contributed by atoms with Crippen molar-refractivity contribution < 1.29 is 19.4 Å². The molecule has 0 aliphatic heterocycles. The fourth-order valence-corrected chi connectivity index (χ4v) is 1.63. The highest BCUT2D eigenvalue weighted by atomic mass is 16.5. The van der Waals surface area contributed by atoms with Gasteiger partial charge in [0.2, 0.25) is 0 Å². The van der Waals surface area contributed by atoms with Gasteiger partial charge in [0.05, 0.1) is 13.1 Å². The molecule has 0 spiro atoms. The van der Waals surface area contributed by atoms with Gasteiger partial charge < -0.3 is 19.4 Å². The summed E-state index contributed by atoms with van der Waals surface area (Å²) >= 11 is 0. The summed E-state index contributed by atoms with van der Waals surface area (Å²) in [5.41, 5.74) is 0.924. The van der Waals surface area contributed by atoms with Crippen LogP contribution in [0.1, 0.15) is 15.9 Å². The Morgan fingerprint density at radius 3 is 2.42 bits per heavy atom. The smallest absolute Gasteiger partial charge is 0.120 e. The van der Waals surface area contributed by atoms with Crippen LogP contribution in [0, 0.1) is 0 Å². The summed E-state index contributed by atoms with van der Waals surface area (Å²) < 4.78 is 10.6. The van der Waals surface area contributed by atoms with Gasteiger partial charge >= 0.3 is 0 Å². The molecule has 0 atom stereocenters. The molecule has 0 saturated carbocycles. The maximum Gasteiger partial charge on any atom is 0.120 e. The molecule has 0 bridgehead atoms. The second kappa shape index (κ2) is 5.91. The van der Waals surface area contributed by atoms with Gasteiger partial charge in [-0.1, -0.05) is 18.2 Å². The number of carbonyl (C=O) groups is 1. The van der Waals surface area contributed by atoms with Crippen molar-refractivity contribution in [1.82, 2.24) is 0 Å². The number of carboxylic acids is 1. The summed E-state index contributed by atoms with van der Waals surface area (Å²) in [7, 11) is 1.60. The Kier molecular flexibility index (Phi) is 4.03. The molecule has 2 rings (SSSR count). The molecule has 0 fully saturated rings. The molecule has 0 aliphatic rings. The minimum atomic E-state index is -1.19. The summed E-state index contributed by atoms with van der Waals surface area (Å²) in [5, 5.41) is 10.7. The lowest BCUT2D eigenvalue weighted by atomic mass is 10.1. The number of carbonyl (C=O) groups excluding carboxylic acids is 1. The summed E-state index contributed by atoms with van der Waals surface area (Å²) in [6, 6.07) is 13.7. The highest BCUT2D eigenvalue weighted by Crippen LogP contribution is 2.18. The van der Waals surface area contributed by atoms with Gasteiger partial charge in [0.1, 0.15) is 18.1 Å². The van der Waals surface area contributed by atoms with Crippen LogP contribution in [0.3, 0.4) is 0 Å². The third kappa shape index (κ3) is 3.48. The predicted octanol–water partition coefficient (Wildman–Crippen LogP) is 1.64. The monoisotopic (exact) mass is 257 g/mol. The fraction of sp³-hybridized carbons (Fsp3) is 0.133. The number of hydrogen-bond acceptors (Lipinski definition) is 4. The van der Waals surface area contributed by atoms with Gasteiger partial charge in [0.25, 0.3) is 0 Å². The van der Waals surface area contributed by atoms with E-state index in [4.69, 9.17) is 9.47 Å². The van der Waals surface area contributed by atoms with Gasteiger partial charge in [-0.15, -0.1) is 0 Å². The van der Waals surface area contributed by atoms with Crippen LogP contribution in [-0.2, 0) is 6.61 Å².